The number of amides is 1. The Labute approximate surface area is 126 Å². The van der Waals surface area contributed by atoms with Crippen LogP contribution in [0.4, 0.5) is 5.69 Å². The second-order valence-electron chi connectivity index (χ2n) is 4.60. The van der Waals surface area contributed by atoms with Gasteiger partial charge in [0.15, 0.2) is 0 Å². The number of nitrogens with zero attached hydrogens (tertiary/aromatic N) is 1. The summed E-state index contributed by atoms with van der Waals surface area (Å²) in [7, 11) is 0. The van der Waals surface area contributed by atoms with Crippen LogP contribution in [-0.2, 0) is 11.2 Å². The van der Waals surface area contributed by atoms with E-state index in [0.29, 0.717) is 11.4 Å². The molecule has 1 aromatic carbocycles. The van der Waals surface area contributed by atoms with E-state index in [4.69, 9.17) is 5.73 Å². The first-order valence-corrected chi connectivity index (χ1v) is 7.09. The molecular weight excluding hydrogens is 318 g/mol. The van der Waals surface area contributed by atoms with Gasteiger partial charge < -0.3 is 11.1 Å². The highest BCUT2D eigenvalue weighted by atomic mass is 79.9. The fraction of sp³-hybridized carbons (Fsp3) is 0.200. The van der Waals surface area contributed by atoms with Crippen LogP contribution in [-0.4, -0.2) is 10.9 Å². The highest BCUT2D eigenvalue weighted by Crippen LogP contribution is 2.16. The molecule has 2 aromatic rings. The largest absolute Gasteiger partial charge is 0.397 e. The maximum absolute atomic E-state index is 12.0. The van der Waals surface area contributed by atoms with Crippen LogP contribution in [0.3, 0.4) is 0 Å². The minimum atomic E-state index is -0.0577. The number of nitrogens with two attached hydrogens (primary N) is 1. The van der Waals surface area contributed by atoms with Crippen LogP contribution in [0.25, 0.3) is 0 Å². The molecule has 20 heavy (non-hydrogen) atoms. The number of nitrogens with one attached hydrogen (secondary N) is 1. The molecule has 0 unspecified atom stereocenters. The van der Waals surface area contributed by atoms with Crippen LogP contribution in [0.5, 0.6) is 0 Å². The molecule has 1 aromatic heterocycles. The van der Waals surface area contributed by atoms with Crippen LogP contribution in [0.1, 0.15) is 24.2 Å². The van der Waals surface area contributed by atoms with Crippen LogP contribution in [0, 0.1) is 0 Å². The Bertz CT molecular complexity index is 581. The van der Waals surface area contributed by atoms with Crippen LogP contribution >= 0.6 is 15.9 Å². The smallest absolute Gasteiger partial charge is 0.226 e. The second kappa shape index (κ2) is 6.52. The van der Waals surface area contributed by atoms with Crippen molar-refractivity contribution in [3.63, 3.8) is 0 Å². The van der Waals surface area contributed by atoms with E-state index in [1.165, 1.54) is 0 Å². The molecule has 0 spiro atoms. The maximum Gasteiger partial charge on any atom is 0.226 e. The van der Waals surface area contributed by atoms with E-state index in [2.05, 4.69) is 26.2 Å². The number of benzene rings is 1. The van der Waals surface area contributed by atoms with Crippen molar-refractivity contribution in [3.05, 3.63) is 58.3 Å². The van der Waals surface area contributed by atoms with Gasteiger partial charge in [-0.05, 0) is 36.8 Å². The van der Waals surface area contributed by atoms with Gasteiger partial charge in [-0.3, -0.25) is 9.78 Å². The van der Waals surface area contributed by atoms with E-state index in [1.807, 2.05) is 31.2 Å². The first-order valence-electron chi connectivity index (χ1n) is 6.30. The number of hydrogen-bond donors (Lipinski definition) is 2. The molecule has 0 bridgehead atoms. The topological polar surface area (TPSA) is 68.0 Å². The highest BCUT2D eigenvalue weighted by molar-refractivity contribution is 9.10. The molecule has 1 atom stereocenters. The first kappa shape index (κ1) is 14.5. The van der Waals surface area contributed by atoms with Crippen molar-refractivity contribution in [2.24, 2.45) is 0 Å². The van der Waals surface area contributed by atoms with E-state index < -0.39 is 0 Å². The number of pyridine rings is 1. The van der Waals surface area contributed by atoms with Crippen LogP contribution in [0.15, 0.2) is 47.1 Å². The van der Waals surface area contributed by atoms with Crippen molar-refractivity contribution in [3.8, 4) is 0 Å². The number of anilines is 1. The molecule has 0 saturated carbocycles. The zero-order chi connectivity index (χ0) is 14.5. The van der Waals surface area contributed by atoms with E-state index in [-0.39, 0.29) is 18.4 Å². The number of nitrogen functional groups attached to an aromatic ring is 1. The molecule has 3 N–H and O–H groups in total. The molecule has 4 nitrogen and oxygen atoms in total. The van der Waals surface area contributed by atoms with Gasteiger partial charge in [0.05, 0.1) is 24.3 Å². The number of aromatic nitrogens is 1. The van der Waals surface area contributed by atoms with Gasteiger partial charge in [0.1, 0.15) is 0 Å². The standard InChI is InChI=1S/C15H16BrN3O/c1-10(11-2-4-12(16)5-3-11)19-15(20)8-14-7-6-13(17)9-18-14/h2-7,9-10H,8,17H2,1H3,(H,19,20)/t10-/m1/s1. The Morgan fingerprint density at radius 1 is 1.30 bits per heavy atom. The summed E-state index contributed by atoms with van der Waals surface area (Å²) in [6.45, 7) is 1.96. The molecule has 1 heterocycles. The van der Waals surface area contributed by atoms with E-state index in [0.717, 1.165) is 10.0 Å². The minimum absolute atomic E-state index is 0.0376. The van der Waals surface area contributed by atoms with Gasteiger partial charge in [0.25, 0.3) is 0 Å². The quantitative estimate of drug-likeness (QED) is 0.903. The molecule has 0 aliphatic carbocycles. The van der Waals surface area contributed by atoms with Gasteiger partial charge in [0.2, 0.25) is 5.91 Å². The molecule has 0 aliphatic heterocycles. The Morgan fingerprint density at radius 2 is 2.00 bits per heavy atom. The van der Waals surface area contributed by atoms with Gasteiger partial charge in [0, 0.05) is 10.2 Å². The van der Waals surface area contributed by atoms with Crippen LogP contribution in [0.2, 0.25) is 0 Å². The van der Waals surface area contributed by atoms with E-state index >= 15 is 0 Å². The molecule has 104 valence electrons. The van der Waals surface area contributed by atoms with Crippen molar-refractivity contribution in [1.82, 2.24) is 10.3 Å². The van der Waals surface area contributed by atoms with Crippen molar-refractivity contribution in [2.75, 3.05) is 5.73 Å². The van der Waals surface area contributed by atoms with Gasteiger partial charge in [-0.2, -0.15) is 0 Å². The summed E-state index contributed by atoms with van der Waals surface area (Å²) in [6, 6.07) is 11.4. The number of halogens is 1. The Hall–Kier alpha value is -1.88. The fourth-order valence-electron chi connectivity index (χ4n) is 1.83. The average molecular weight is 334 g/mol. The Kier molecular flexibility index (Phi) is 4.74. The summed E-state index contributed by atoms with van der Waals surface area (Å²) in [5, 5.41) is 2.95. The SMILES string of the molecule is C[C@@H](NC(=O)Cc1ccc(N)cn1)c1ccc(Br)cc1. The summed E-state index contributed by atoms with van der Waals surface area (Å²) in [5.41, 5.74) is 7.92. The number of carbonyl (C=O) groups excluding carboxylic acids is 1. The zero-order valence-electron chi connectivity index (χ0n) is 11.1. The molecule has 1 amide bonds. The highest BCUT2D eigenvalue weighted by Gasteiger charge is 2.10. The van der Waals surface area contributed by atoms with Crippen molar-refractivity contribution in [2.45, 2.75) is 19.4 Å². The lowest BCUT2D eigenvalue weighted by Crippen LogP contribution is -2.28. The third-order valence-electron chi connectivity index (χ3n) is 2.94. The first-order chi connectivity index (χ1) is 9.54. The second-order valence-corrected chi connectivity index (χ2v) is 5.52. The number of hydrogen-bond acceptors (Lipinski definition) is 3. The molecule has 0 fully saturated rings. The summed E-state index contributed by atoms with van der Waals surface area (Å²) < 4.78 is 1.02. The summed E-state index contributed by atoms with van der Waals surface area (Å²) >= 11 is 3.39. The molecule has 0 radical (unpaired) electrons. The lowest BCUT2D eigenvalue weighted by molar-refractivity contribution is -0.121. The Morgan fingerprint density at radius 3 is 2.60 bits per heavy atom. The Balaban J connectivity index is 1.93. The lowest BCUT2D eigenvalue weighted by atomic mass is 10.1. The van der Waals surface area contributed by atoms with Crippen molar-refractivity contribution < 1.29 is 4.79 Å². The normalized spacial score (nSPS) is 11.9. The zero-order valence-corrected chi connectivity index (χ0v) is 12.7. The average Bonchev–Trinajstić information content (AvgIpc) is 2.42. The third kappa shape index (κ3) is 4.06. The lowest BCUT2D eigenvalue weighted by Gasteiger charge is -2.14. The predicted molar refractivity (Wildman–Crippen MR) is 83.1 cm³/mol. The monoisotopic (exact) mass is 333 g/mol. The molecule has 5 heteroatoms. The minimum Gasteiger partial charge on any atom is -0.397 e. The maximum atomic E-state index is 12.0. The number of rotatable bonds is 4. The van der Waals surface area contributed by atoms with E-state index in [9.17, 15) is 4.79 Å². The molecular formula is C15H16BrN3O. The molecule has 2 rings (SSSR count). The van der Waals surface area contributed by atoms with Gasteiger partial charge in [-0.15, -0.1) is 0 Å². The van der Waals surface area contributed by atoms with Crippen molar-refractivity contribution in [1.29, 1.82) is 0 Å². The summed E-state index contributed by atoms with van der Waals surface area (Å²) in [5.74, 6) is -0.0577. The number of carbonyl (C=O) groups is 1. The van der Waals surface area contributed by atoms with Crippen LogP contribution < -0.4 is 11.1 Å². The summed E-state index contributed by atoms with van der Waals surface area (Å²) in [4.78, 5) is 16.1. The predicted octanol–water partition coefficient (Wildman–Crippen LogP) is 2.85. The van der Waals surface area contributed by atoms with Crippen molar-refractivity contribution >= 4 is 27.5 Å². The fourth-order valence-corrected chi connectivity index (χ4v) is 2.10. The molecule has 0 saturated heterocycles. The van der Waals surface area contributed by atoms with Gasteiger partial charge in [-0.1, -0.05) is 28.1 Å². The molecule has 0 aliphatic rings. The van der Waals surface area contributed by atoms with Gasteiger partial charge in [-0.25, -0.2) is 0 Å². The van der Waals surface area contributed by atoms with Gasteiger partial charge >= 0.3 is 0 Å². The van der Waals surface area contributed by atoms with E-state index in [1.54, 1.807) is 18.3 Å². The summed E-state index contributed by atoms with van der Waals surface area (Å²) in [6.07, 6.45) is 1.81. The third-order valence-corrected chi connectivity index (χ3v) is 3.47.